The molecule has 4 nitrogen and oxygen atoms in total. The zero-order valence-electron chi connectivity index (χ0n) is 23.9. The van der Waals surface area contributed by atoms with Gasteiger partial charge >= 0.3 is 0 Å². The van der Waals surface area contributed by atoms with Crippen LogP contribution in [-0.4, -0.2) is 14.8 Å². The van der Waals surface area contributed by atoms with Crippen LogP contribution in [0, 0.1) is 0 Å². The maximum Gasteiger partial charge on any atom is 0.248 e. The molecule has 206 valence electrons. The standard InChI is InChI=1S/C38H33N3O/c1-3-27(25-26(2)41-35-15-9-7-13-33(35)34-14-8-10-16-36(34)41)28-17-19-29(20-18-28)30-21-23-32(24-22-30)38-40-39-37(42-38)31-11-5-4-6-12-31/h4-24,26-27H,3,25H2,1-2H3. The minimum absolute atomic E-state index is 0.374. The topological polar surface area (TPSA) is 43.9 Å². The number of fused-ring (bicyclic) bond motifs is 3. The van der Waals surface area contributed by atoms with Gasteiger partial charge in [0.1, 0.15) is 0 Å². The van der Waals surface area contributed by atoms with E-state index < -0.39 is 0 Å². The van der Waals surface area contributed by atoms with Gasteiger partial charge < -0.3 is 8.98 Å². The lowest BCUT2D eigenvalue weighted by Crippen LogP contribution is -2.10. The van der Waals surface area contributed by atoms with Crippen molar-refractivity contribution in [2.45, 2.75) is 38.6 Å². The van der Waals surface area contributed by atoms with Gasteiger partial charge in [0, 0.05) is 39.0 Å². The summed E-state index contributed by atoms with van der Waals surface area (Å²) < 4.78 is 8.47. The van der Waals surface area contributed by atoms with Crippen molar-refractivity contribution in [3.8, 4) is 34.0 Å². The van der Waals surface area contributed by atoms with Crippen molar-refractivity contribution in [2.75, 3.05) is 0 Å². The highest BCUT2D eigenvalue weighted by Crippen LogP contribution is 2.37. The number of hydrogen-bond donors (Lipinski definition) is 0. The van der Waals surface area contributed by atoms with Crippen molar-refractivity contribution in [3.05, 3.63) is 133 Å². The molecular weight excluding hydrogens is 514 g/mol. The van der Waals surface area contributed by atoms with Crippen LogP contribution in [0.25, 0.3) is 55.8 Å². The quantitative estimate of drug-likeness (QED) is 0.190. The van der Waals surface area contributed by atoms with E-state index in [4.69, 9.17) is 4.42 Å². The largest absolute Gasteiger partial charge is 0.416 e. The fourth-order valence-electron chi connectivity index (χ4n) is 6.27. The Balaban J connectivity index is 1.09. The normalized spacial score (nSPS) is 13.0. The van der Waals surface area contributed by atoms with Crippen molar-refractivity contribution in [2.24, 2.45) is 0 Å². The Hall–Kier alpha value is -4.96. The van der Waals surface area contributed by atoms with Gasteiger partial charge in [-0.05, 0) is 78.8 Å². The number of benzene rings is 5. The van der Waals surface area contributed by atoms with E-state index in [0.717, 1.165) is 24.0 Å². The van der Waals surface area contributed by atoms with E-state index in [1.165, 1.54) is 38.5 Å². The van der Waals surface area contributed by atoms with E-state index >= 15 is 0 Å². The molecule has 2 heterocycles. The van der Waals surface area contributed by atoms with E-state index in [1.54, 1.807) is 0 Å². The van der Waals surface area contributed by atoms with Crippen LogP contribution in [0.1, 0.15) is 44.2 Å². The molecule has 42 heavy (non-hydrogen) atoms. The molecule has 0 amide bonds. The fraction of sp³-hybridized carbons (Fsp3) is 0.158. The Morgan fingerprint density at radius 3 is 1.62 bits per heavy atom. The van der Waals surface area contributed by atoms with Gasteiger partial charge in [-0.25, -0.2) is 0 Å². The average Bonchev–Trinajstić information content (AvgIpc) is 3.68. The highest BCUT2D eigenvalue weighted by atomic mass is 16.4. The first-order chi connectivity index (χ1) is 20.7. The molecule has 0 N–H and O–H groups in total. The Bertz CT molecular complexity index is 1900. The van der Waals surface area contributed by atoms with Crippen molar-refractivity contribution in [1.82, 2.24) is 14.8 Å². The summed E-state index contributed by atoms with van der Waals surface area (Å²) in [5.41, 5.74) is 8.22. The molecule has 2 unspecified atom stereocenters. The summed E-state index contributed by atoms with van der Waals surface area (Å²) in [7, 11) is 0. The number of para-hydroxylation sites is 2. The third-order valence-corrected chi connectivity index (χ3v) is 8.47. The van der Waals surface area contributed by atoms with E-state index in [0.29, 0.717) is 23.7 Å². The number of aromatic nitrogens is 3. The molecule has 0 radical (unpaired) electrons. The number of nitrogens with zero attached hydrogens (tertiary/aromatic N) is 3. The summed E-state index contributed by atoms with van der Waals surface area (Å²) in [6, 6.07) is 45.3. The van der Waals surface area contributed by atoms with Gasteiger partial charge in [0.15, 0.2) is 0 Å². The van der Waals surface area contributed by atoms with E-state index in [2.05, 4.69) is 114 Å². The van der Waals surface area contributed by atoms with Gasteiger partial charge in [-0.1, -0.05) is 97.9 Å². The SMILES string of the molecule is CCC(CC(C)n1c2ccccc2c2ccccc21)c1ccc(-c2ccc(-c3nnc(-c4ccccc4)o3)cc2)cc1. The molecule has 0 aliphatic heterocycles. The molecule has 5 aromatic carbocycles. The lowest BCUT2D eigenvalue weighted by molar-refractivity contribution is 0.462. The molecule has 7 aromatic rings. The van der Waals surface area contributed by atoms with Gasteiger partial charge in [0.2, 0.25) is 11.8 Å². The molecule has 0 saturated heterocycles. The molecule has 0 aliphatic carbocycles. The molecular formula is C38H33N3O. The summed E-state index contributed by atoms with van der Waals surface area (Å²) in [6.07, 6.45) is 2.19. The van der Waals surface area contributed by atoms with Crippen molar-refractivity contribution in [1.29, 1.82) is 0 Å². The number of rotatable bonds is 8. The first-order valence-electron chi connectivity index (χ1n) is 14.8. The van der Waals surface area contributed by atoms with E-state index in [9.17, 15) is 0 Å². The van der Waals surface area contributed by atoms with Crippen LogP contribution in [0.5, 0.6) is 0 Å². The summed E-state index contributed by atoms with van der Waals surface area (Å²) >= 11 is 0. The van der Waals surface area contributed by atoms with Gasteiger partial charge in [-0.15, -0.1) is 10.2 Å². The molecule has 7 rings (SSSR count). The van der Waals surface area contributed by atoms with Crippen LogP contribution >= 0.6 is 0 Å². The maximum atomic E-state index is 5.94. The van der Waals surface area contributed by atoms with Gasteiger partial charge in [-0.2, -0.15) is 0 Å². The minimum Gasteiger partial charge on any atom is -0.416 e. The summed E-state index contributed by atoms with van der Waals surface area (Å²) in [4.78, 5) is 0. The Labute approximate surface area is 246 Å². The number of hydrogen-bond acceptors (Lipinski definition) is 3. The van der Waals surface area contributed by atoms with Crippen LogP contribution in [0.4, 0.5) is 0 Å². The Morgan fingerprint density at radius 2 is 1.05 bits per heavy atom. The van der Waals surface area contributed by atoms with E-state index in [-0.39, 0.29) is 0 Å². The third-order valence-electron chi connectivity index (χ3n) is 8.47. The van der Waals surface area contributed by atoms with Gasteiger partial charge in [0.25, 0.3) is 0 Å². The van der Waals surface area contributed by atoms with Crippen molar-refractivity contribution in [3.63, 3.8) is 0 Å². The molecule has 0 bridgehead atoms. The molecule has 0 spiro atoms. The predicted octanol–water partition coefficient (Wildman–Crippen LogP) is 10.3. The highest BCUT2D eigenvalue weighted by Gasteiger charge is 2.19. The second-order valence-electron chi connectivity index (χ2n) is 11.1. The molecule has 4 heteroatoms. The molecule has 2 aromatic heterocycles. The lowest BCUT2D eigenvalue weighted by atomic mass is 9.89. The smallest absolute Gasteiger partial charge is 0.248 e. The first-order valence-corrected chi connectivity index (χ1v) is 14.8. The second kappa shape index (κ2) is 11.1. The Kier molecular flexibility index (Phi) is 6.89. The van der Waals surface area contributed by atoms with Crippen LogP contribution in [0.2, 0.25) is 0 Å². The average molecular weight is 548 g/mol. The maximum absolute atomic E-state index is 5.94. The third kappa shape index (κ3) is 4.79. The van der Waals surface area contributed by atoms with Crippen molar-refractivity contribution < 1.29 is 4.42 Å². The van der Waals surface area contributed by atoms with Crippen molar-refractivity contribution >= 4 is 21.8 Å². The molecule has 0 saturated carbocycles. The second-order valence-corrected chi connectivity index (χ2v) is 11.1. The van der Waals surface area contributed by atoms with Gasteiger partial charge in [-0.3, -0.25) is 0 Å². The van der Waals surface area contributed by atoms with Gasteiger partial charge in [0.05, 0.1) is 0 Å². The summed E-state index contributed by atoms with van der Waals surface area (Å²) in [6.45, 7) is 4.67. The molecule has 0 aliphatic rings. The highest BCUT2D eigenvalue weighted by molar-refractivity contribution is 6.08. The molecule has 0 fully saturated rings. The lowest BCUT2D eigenvalue weighted by Gasteiger charge is -2.23. The van der Waals surface area contributed by atoms with Crippen LogP contribution in [0.3, 0.4) is 0 Å². The van der Waals surface area contributed by atoms with E-state index in [1.807, 2.05) is 42.5 Å². The predicted molar refractivity (Wildman–Crippen MR) is 172 cm³/mol. The fourth-order valence-corrected chi connectivity index (χ4v) is 6.27. The zero-order valence-corrected chi connectivity index (χ0v) is 23.9. The Morgan fingerprint density at radius 1 is 0.571 bits per heavy atom. The first kappa shape index (κ1) is 26.0. The zero-order chi connectivity index (χ0) is 28.5. The summed E-state index contributed by atoms with van der Waals surface area (Å²) in [5.74, 6) is 1.54. The van der Waals surface area contributed by atoms with Crippen LogP contribution < -0.4 is 0 Å². The van der Waals surface area contributed by atoms with Crippen LogP contribution in [0.15, 0.2) is 132 Å². The minimum atomic E-state index is 0.374. The molecule has 2 atom stereocenters. The van der Waals surface area contributed by atoms with Crippen LogP contribution in [-0.2, 0) is 0 Å². The monoisotopic (exact) mass is 547 g/mol. The summed E-state index contributed by atoms with van der Waals surface area (Å²) in [5, 5.41) is 11.2.